The van der Waals surface area contributed by atoms with Gasteiger partial charge in [0, 0.05) is 61.1 Å². The Morgan fingerprint density at radius 3 is 2.00 bits per heavy atom. The highest BCUT2D eigenvalue weighted by Crippen LogP contribution is 2.41. The average molecular weight is 381 g/mol. The first-order chi connectivity index (χ1) is 13.5. The number of nitrogens with one attached hydrogen (secondary N) is 3. The lowest BCUT2D eigenvalue weighted by molar-refractivity contribution is 0.598. The molecular weight excluding hydrogens is 348 g/mol. The average Bonchev–Trinajstić information content (AvgIpc) is 3.03. The number of benzene rings is 1. The standard InChI is InChI=1S/C22H32N6/c1-8-15(9-2)19-10-13(3)26-22-20(14(4)27-28(19)22)21-17(24-6)11-16(23-5)12-18(21)25-7/h10-12,15,23-25H,8-9H2,1-7H3. The van der Waals surface area contributed by atoms with E-state index in [1.165, 1.54) is 5.69 Å². The minimum atomic E-state index is 0.468. The lowest BCUT2D eigenvalue weighted by Crippen LogP contribution is -2.07. The molecule has 6 heteroatoms. The molecule has 0 aliphatic heterocycles. The van der Waals surface area contributed by atoms with Crippen LogP contribution in [0, 0.1) is 13.8 Å². The lowest BCUT2D eigenvalue weighted by atomic mass is 9.98. The molecule has 0 aliphatic carbocycles. The van der Waals surface area contributed by atoms with Crippen molar-refractivity contribution in [2.24, 2.45) is 0 Å². The second-order valence-electron chi connectivity index (χ2n) is 7.23. The Balaban J connectivity index is 2.38. The van der Waals surface area contributed by atoms with E-state index in [1.54, 1.807) is 0 Å². The maximum Gasteiger partial charge on any atom is 0.163 e. The van der Waals surface area contributed by atoms with Crippen molar-refractivity contribution in [1.29, 1.82) is 0 Å². The van der Waals surface area contributed by atoms with Gasteiger partial charge >= 0.3 is 0 Å². The summed E-state index contributed by atoms with van der Waals surface area (Å²) >= 11 is 0. The van der Waals surface area contributed by atoms with Crippen LogP contribution in [0.3, 0.4) is 0 Å². The SMILES string of the molecule is CCC(CC)c1cc(C)nc2c(-c3c(NC)cc(NC)cc3NC)c(C)nn12. The molecule has 2 aromatic heterocycles. The normalized spacial score (nSPS) is 11.3. The van der Waals surface area contributed by atoms with Crippen molar-refractivity contribution in [3.63, 3.8) is 0 Å². The van der Waals surface area contributed by atoms with Gasteiger partial charge in [-0.2, -0.15) is 5.10 Å². The predicted octanol–water partition coefficient (Wildman–Crippen LogP) is 5.04. The molecule has 3 N–H and O–H groups in total. The Labute approximate surface area is 167 Å². The molecule has 2 heterocycles. The van der Waals surface area contributed by atoms with Crippen LogP contribution in [0.5, 0.6) is 0 Å². The van der Waals surface area contributed by atoms with Gasteiger partial charge in [-0.3, -0.25) is 0 Å². The van der Waals surface area contributed by atoms with Gasteiger partial charge in [-0.1, -0.05) is 13.8 Å². The van der Waals surface area contributed by atoms with Crippen LogP contribution in [0.2, 0.25) is 0 Å². The number of anilines is 3. The maximum absolute atomic E-state index is 4.92. The second kappa shape index (κ2) is 8.09. The quantitative estimate of drug-likeness (QED) is 0.536. The third kappa shape index (κ3) is 3.28. The predicted molar refractivity (Wildman–Crippen MR) is 120 cm³/mol. The number of aryl methyl sites for hydroxylation is 2. The molecule has 6 nitrogen and oxygen atoms in total. The Morgan fingerprint density at radius 2 is 1.50 bits per heavy atom. The zero-order valence-corrected chi connectivity index (χ0v) is 18.1. The first-order valence-corrected chi connectivity index (χ1v) is 10.1. The topological polar surface area (TPSA) is 66.3 Å². The van der Waals surface area contributed by atoms with E-state index in [0.29, 0.717) is 5.92 Å². The fourth-order valence-corrected chi connectivity index (χ4v) is 4.01. The minimum Gasteiger partial charge on any atom is -0.388 e. The van der Waals surface area contributed by atoms with Gasteiger partial charge in [-0.15, -0.1) is 0 Å². The van der Waals surface area contributed by atoms with Crippen molar-refractivity contribution in [2.45, 2.75) is 46.5 Å². The fraction of sp³-hybridized carbons (Fsp3) is 0.455. The monoisotopic (exact) mass is 380 g/mol. The molecule has 0 unspecified atom stereocenters. The molecule has 3 rings (SSSR count). The Bertz CT molecular complexity index is 959. The molecule has 0 fully saturated rings. The van der Waals surface area contributed by atoms with E-state index in [-0.39, 0.29) is 0 Å². The first-order valence-electron chi connectivity index (χ1n) is 10.1. The number of rotatable bonds is 7. The van der Waals surface area contributed by atoms with E-state index < -0.39 is 0 Å². The van der Waals surface area contributed by atoms with Crippen LogP contribution in [-0.2, 0) is 0 Å². The maximum atomic E-state index is 4.92. The molecule has 0 aliphatic rings. The molecule has 0 amide bonds. The van der Waals surface area contributed by atoms with Crippen LogP contribution in [0.25, 0.3) is 16.8 Å². The summed E-state index contributed by atoms with van der Waals surface area (Å²) in [6.45, 7) is 8.62. The highest BCUT2D eigenvalue weighted by atomic mass is 15.3. The van der Waals surface area contributed by atoms with Gasteiger partial charge in [0.1, 0.15) is 0 Å². The highest BCUT2D eigenvalue weighted by Gasteiger charge is 2.23. The number of hydrogen-bond acceptors (Lipinski definition) is 5. The summed E-state index contributed by atoms with van der Waals surface area (Å²) in [5.41, 5.74) is 9.49. The number of nitrogens with zero attached hydrogens (tertiary/aromatic N) is 3. The number of fused-ring (bicyclic) bond motifs is 1. The third-order valence-corrected chi connectivity index (χ3v) is 5.54. The lowest BCUT2D eigenvalue weighted by Gasteiger charge is -2.18. The molecule has 1 aromatic carbocycles. The minimum absolute atomic E-state index is 0.468. The van der Waals surface area contributed by atoms with E-state index in [9.17, 15) is 0 Å². The van der Waals surface area contributed by atoms with Crippen molar-refractivity contribution in [2.75, 3.05) is 37.1 Å². The van der Waals surface area contributed by atoms with Gasteiger partial charge in [0.2, 0.25) is 0 Å². The summed E-state index contributed by atoms with van der Waals surface area (Å²) in [5.74, 6) is 0.468. The van der Waals surface area contributed by atoms with Gasteiger partial charge in [-0.05, 0) is 44.9 Å². The largest absolute Gasteiger partial charge is 0.388 e. The summed E-state index contributed by atoms with van der Waals surface area (Å²) in [5, 5.41) is 14.9. The van der Waals surface area contributed by atoms with Crippen LogP contribution in [0.1, 0.15) is 49.7 Å². The number of aromatic nitrogens is 3. The van der Waals surface area contributed by atoms with Crippen molar-refractivity contribution in [1.82, 2.24) is 14.6 Å². The van der Waals surface area contributed by atoms with E-state index in [2.05, 4.69) is 66.4 Å². The molecule has 0 saturated heterocycles. The molecule has 3 aromatic rings. The summed E-state index contributed by atoms with van der Waals surface area (Å²) < 4.78 is 2.06. The van der Waals surface area contributed by atoms with Gasteiger partial charge in [0.15, 0.2) is 5.65 Å². The van der Waals surface area contributed by atoms with E-state index in [0.717, 1.165) is 58.1 Å². The molecule has 0 radical (unpaired) electrons. The summed E-state index contributed by atoms with van der Waals surface area (Å²) in [7, 11) is 5.83. The number of hydrogen-bond donors (Lipinski definition) is 3. The van der Waals surface area contributed by atoms with E-state index in [4.69, 9.17) is 10.1 Å². The molecule has 0 saturated carbocycles. The molecule has 0 spiro atoms. The molecule has 28 heavy (non-hydrogen) atoms. The van der Waals surface area contributed by atoms with Gasteiger partial charge in [0.25, 0.3) is 0 Å². The highest BCUT2D eigenvalue weighted by molar-refractivity contribution is 5.97. The van der Waals surface area contributed by atoms with E-state index in [1.807, 2.05) is 21.1 Å². The van der Waals surface area contributed by atoms with Crippen molar-refractivity contribution >= 4 is 22.7 Å². The van der Waals surface area contributed by atoms with Crippen molar-refractivity contribution in [3.8, 4) is 11.1 Å². The van der Waals surface area contributed by atoms with Gasteiger partial charge < -0.3 is 16.0 Å². The molecule has 0 bridgehead atoms. The fourth-order valence-electron chi connectivity index (χ4n) is 4.01. The van der Waals surface area contributed by atoms with Crippen molar-refractivity contribution in [3.05, 3.63) is 35.3 Å². The molecular formula is C22H32N6. The Kier molecular flexibility index (Phi) is 5.77. The Morgan fingerprint density at radius 1 is 0.893 bits per heavy atom. The van der Waals surface area contributed by atoms with Crippen LogP contribution in [-0.4, -0.2) is 35.7 Å². The van der Waals surface area contributed by atoms with E-state index >= 15 is 0 Å². The zero-order chi connectivity index (χ0) is 20.4. The first kappa shape index (κ1) is 20.0. The molecule has 0 atom stereocenters. The molecule has 150 valence electrons. The van der Waals surface area contributed by atoms with Crippen LogP contribution < -0.4 is 16.0 Å². The Hall–Kier alpha value is -2.76. The van der Waals surface area contributed by atoms with Crippen LogP contribution >= 0.6 is 0 Å². The van der Waals surface area contributed by atoms with Gasteiger partial charge in [0.05, 0.1) is 11.3 Å². The second-order valence-corrected chi connectivity index (χ2v) is 7.23. The summed E-state index contributed by atoms with van der Waals surface area (Å²) in [6.07, 6.45) is 2.17. The zero-order valence-electron chi connectivity index (χ0n) is 18.1. The van der Waals surface area contributed by atoms with Crippen LogP contribution in [0.15, 0.2) is 18.2 Å². The van der Waals surface area contributed by atoms with Crippen LogP contribution in [0.4, 0.5) is 17.1 Å². The third-order valence-electron chi connectivity index (χ3n) is 5.54. The van der Waals surface area contributed by atoms with Gasteiger partial charge in [-0.25, -0.2) is 9.50 Å². The van der Waals surface area contributed by atoms with Crippen molar-refractivity contribution < 1.29 is 0 Å². The summed E-state index contributed by atoms with van der Waals surface area (Å²) in [4.78, 5) is 4.91. The smallest absolute Gasteiger partial charge is 0.163 e. The summed E-state index contributed by atoms with van der Waals surface area (Å²) in [6, 6.07) is 6.43.